The van der Waals surface area contributed by atoms with E-state index >= 15 is 0 Å². The van der Waals surface area contributed by atoms with Crippen LogP contribution in [0.2, 0.25) is 51.4 Å². The Hall–Kier alpha value is -3.48. The van der Waals surface area contributed by atoms with E-state index in [1.165, 1.54) is 11.1 Å². The van der Waals surface area contributed by atoms with Gasteiger partial charge in [-0.25, -0.2) is 9.59 Å². The highest BCUT2D eigenvalue weighted by Crippen LogP contribution is 2.41. The second-order valence-corrected chi connectivity index (χ2v) is 28.0. The van der Waals surface area contributed by atoms with Gasteiger partial charge in [0.15, 0.2) is 0 Å². The van der Waals surface area contributed by atoms with Crippen LogP contribution >= 0.6 is 0 Å². The molecule has 0 amide bonds. The molecule has 1 N–H and O–H groups in total. The van der Waals surface area contributed by atoms with Crippen LogP contribution in [-0.4, -0.2) is 59.3 Å². The predicted octanol–water partition coefficient (Wildman–Crippen LogP) is 9.84. The van der Waals surface area contributed by atoms with Crippen LogP contribution in [0.5, 0.6) is 11.5 Å². The summed E-state index contributed by atoms with van der Waals surface area (Å²) in [4.78, 5) is 36.1. The lowest BCUT2D eigenvalue weighted by molar-refractivity contribution is -0.105. The fourth-order valence-corrected chi connectivity index (χ4v) is 8.39. The first-order valence-corrected chi connectivity index (χ1v) is 27.2. The van der Waals surface area contributed by atoms with Gasteiger partial charge in [0, 0.05) is 38.4 Å². The van der Waals surface area contributed by atoms with Crippen molar-refractivity contribution < 1.29 is 38.4 Å². The van der Waals surface area contributed by atoms with Crippen LogP contribution in [0, 0.1) is 13.8 Å². The number of benzene rings is 2. The molecule has 0 spiro atoms. The lowest BCUT2D eigenvalue weighted by atomic mass is 9.89. The molecule has 0 aromatic heterocycles. The number of cyclic esters (lactones) is 2. The topological polar surface area (TPSA) is 108 Å². The number of allylic oxidation sites excluding steroid dienone is 3. The van der Waals surface area contributed by atoms with Crippen molar-refractivity contribution in [2.75, 3.05) is 19.8 Å². The first-order valence-electron chi connectivity index (χ1n) is 19.8. The normalized spacial score (nSPS) is 14.2. The van der Waals surface area contributed by atoms with Crippen molar-refractivity contribution >= 4 is 34.4 Å². The molecule has 2 aliphatic rings. The van der Waals surface area contributed by atoms with Gasteiger partial charge in [0.25, 0.3) is 0 Å². The van der Waals surface area contributed by atoms with Gasteiger partial charge in [-0.3, -0.25) is 4.79 Å². The van der Waals surface area contributed by atoms with Gasteiger partial charge in [0.05, 0.1) is 19.8 Å². The smallest absolute Gasteiger partial charge is 0.342 e. The number of ether oxygens (including phenoxy) is 4. The Balaban J connectivity index is 0.000000290. The minimum atomic E-state index is -1.25. The number of aliphatic hydroxyl groups excluding tert-OH is 1. The molecular formula is C44H66O8Si2. The molecule has 0 saturated heterocycles. The van der Waals surface area contributed by atoms with Crippen LogP contribution in [0.4, 0.5) is 0 Å². The van der Waals surface area contributed by atoms with Gasteiger partial charge in [-0.2, -0.15) is 0 Å². The summed E-state index contributed by atoms with van der Waals surface area (Å²) in [6, 6.07) is 2.06. The highest BCUT2D eigenvalue weighted by atomic mass is 28.3. The van der Waals surface area contributed by atoms with E-state index in [4.69, 9.17) is 18.9 Å². The molecule has 2 heterocycles. The molecule has 2 aromatic carbocycles. The van der Waals surface area contributed by atoms with E-state index < -0.39 is 16.1 Å². The highest BCUT2D eigenvalue weighted by molar-refractivity contribution is 6.76. The molecule has 0 fully saturated rings. The lowest BCUT2D eigenvalue weighted by Gasteiger charge is -2.22. The summed E-state index contributed by atoms with van der Waals surface area (Å²) in [6.07, 6.45) is 9.44. The first kappa shape index (κ1) is 44.9. The maximum Gasteiger partial charge on any atom is 0.342 e. The van der Waals surface area contributed by atoms with Gasteiger partial charge < -0.3 is 24.1 Å². The Kier molecular flexibility index (Phi) is 16.6. The third kappa shape index (κ3) is 11.3. The third-order valence-corrected chi connectivity index (χ3v) is 13.9. The molecule has 54 heavy (non-hydrogen) atoms. The largest absolute Gasteiger partial charge is 0.493 e. The standard InChI is InChI=1S/C22H34O4Si.C22H32O4Si/c2*1-7-16(13-23)9-10-18-17(8-2)15(3)19-14-26-22(24)20(19)21(18)25-11-12-27(4,5)6/h9,23H,7-8,10-14H2,1-6H3;9,13H,7-8,10-12,14H2,1-6H3/b16-9-;16-9+. The fraction of sp³-hybridized carbons (Fsp3) is 0.568. The molecule has 0 unspecified atom stereocenters. The molecule has 0 radical (unpaired) electrons. The van der Waals surface area contributed by atoms with E-state index in [0.29, 0.717) is 68.3 Å². The number of aliphatic hydroxyl groups is 1. The maximum atomic E-state index is 12.5. The zero-order valence-corrected chi connectivity index (χ0v) is 37.2. The van der Waals surface area contributed by atoms with E-state index in [1.54, 1.807) is 0 Å². The number of rotatable bonds is 18. The summed E-state index contributed by atoms with van der Waals surface area (Å²) in [7, 11) is -2.49. The van der Waals surface area contributed by atoms with E-state index in [2.05, 4.69) is 73.1 Å². The quantitative estimate of drug-likeness (QED) is 0.0524. The van der Waals surface area contributed by atoms with Crippen LogP contribution in [0.3, 0.4) is 0 Å². The van der Waals surface area contributed by atoms with Gasteiger partial charge in [-0.05, 0) is 97.9 Å². The molecule has 0 saturated carbocycles. The minimum Gasteiger partial charge on any atom is -0.493 e. The number of fused-ring (bicyclic) bond motifs is 2. The zero-order chi connectivity index (χ0) is 40.4. The van der Waals surface area contributed by atoms with Gasteiger partial charge >= 0.3 is 11.9 Å². The molecule has 0 bridgehead atoms. The lowest BCUT2D eigenvalue weighted by Crippen LogP contribution is -2.23. The Morgan fingerprint density at radius 1 is 0.685 bits per heavy atom. The zero-order valence-electron chi connectivity index (χ0n) is 35.2. The highest BCUT2D eigenvalue weighted by Gasteiger charge is 2.34. The SMILES string of the molecule is CC/C(=C/Cc1c(CC)c(C)c2c(c1OCC[Si](C)(C)C)C(=O)OC2)CO.CC/C(C=O)=C\Cc1c(CC)c(C)c2c(c1OCC[Si](C)(C)C)C(=O)OC2. The third-order valence-electron chi connectivity index (χ3n) is 10.5. The van der Waals surface area contributed by atoms with Crippen molar-refractivity contribution in [2.45, 2.75) is 145 Å². The number of carbonyl (C=O) groups is 3. The first-order chi connectivity index (χ1) is 25.5. The van der Waals surface area contributed by atoms with Crippen LogP contribution in [0.1, 0.15) is 106 Å². The van der Waals surface area contributed by atoms with Crippen molar-refractivity contribution in [1.82, 2.24) is 0 Å². The fourth-order valence-electron chi connectivity index (χ4n) is 6.96. The average Bonchev–Trinajstić information content (AvgIpc) is 3.70. The van der Waals surface area contributed by atoms with Gasteiger partial charge in [-0.15, -0.1) is 0 Å². The molecule has 4 rings (SSSR count). The van der Waals surface area contributed by atoms with Crippen molar-refractivity contribution in [3.63, 3.8) is 0 Å². The number of carbonyl (C=O) groups excluding carboxylic acids is 3. The summed E-state index contributed by atoms with van der Waals surface area (Å²) in [5, 5.41) is 9.51. The molecule has 10 heteroatoms. The van der Waals surface area contributed by atoms with E-state index in [9.17, 15) is 19.5 Å². The van der Waals surface area contributed by atoms with Crippen LogP contribution in [0.15, 0.2) is 23.3 Å². The number of esters is 2. The maximum absolute atomic E-state index is 12.5. The van der Waals surface area contributed by atoms with Crippen molar-refractivity contribution in [1.29, 1.82) is 0 Å². The molecule has 0 aliphatic carbocycles. The van der Waals surface area contributed by atoms with E-state index in [-0.39, 0.29) is 18.5 Å². The monoisotopic (exact) mass is 778 g/mol. The van der Waals surface area contributed by atoms with E-state index in [1.807, 2.05) is 19.9 Å². The summed E-state index contributed by atoms with van der Waals surface area (Å²) >= 11 is 0. The van der Waals surface area contributed by atoms with Crippen molar-refractivity contribution in [3.05, 3.63) is 78.9 Å². The summed E-state index contributed by atoms with van der Waals surface area (Å²) in [5.74, 6) is 0.806. The van der Waals surface area contributed by atoms with Gasteiger partial charge in [-0.1, -0.05) is 79.1 Å². The minimum absolute atomic E-state index is 0.0652. The Labute approximate surface area is 326 Å². The van der Waals surface area contributed by atoms with Crippen molar-refractivity contribution in [3.8, 4) is 11.5 Å². The Morgan fingerprint density at radius 2 is 1.11 bits per heavy atom. The number of hydrogen-bond donors (Lipinski definition) is 1. The Bertz CT molecular complexity index is 1730. The average molecular weight is 779 g/mol. The summed E-state index contributed by atoms with van der Waals surface area (Å²) < 4.78 is 23.2. The molecule has 0 atom stereocenters. The summed E-state index contributed by atoms with van der Waals surface area (Å²) in [6.45, 7) is 28.2. The molecule has 2 aliphatic heterocycles. The number of hydrogen-bond acceptors (Lipinski definition) is 8. The predicted molar refractivity (Wildman–Crippen MR) is 224 cm³/mol. The Morgan fingerprint density at radius 3 is 1.44 bits per heavy atom. The second kappa shape index (κ2) is 19.9. The molecule has 8 nitrogen and oxygen atoms in total. The van der Waals surface area contributed by atoms with Crippen LogP contribution < -0.4 is 9.47 Å². The second-order valence-electron chi connectivity index (χ2n) is 16.7. The number of aldehydes is 1. The van der Waals surface area contributed by atoms with E-state index in [0.717, 1.165) is 82.2 Å². The van der Waals surface area contributed by atoms with Crippen LogP contribution in [-0.2, 0) is 53.2 Å². The summed E-state index contributed by atoms with van der Waals surface area (Å²) in [5.41, 5.74) is 11.7. The van der Waals surface area contributed by atoms with Crippen LogP contribution in [0.25, 0.3) is 0 Å². The molecule has 298 valence electrons. The van der Waals surface area contributed by atoms with Gasteiger partial charge in [0.1, 0.15) is 42.1 Å². The van der Waals surface area contributed by atoms with Gasteiger partial charge in [0.2, 0.25) is 0 Å². The van der Waals surface area contributed by atoms with Crippen molar-refractivity contribution in [2.24, 2.45) is 0 Å². The molecule has 2 aromatic rings. The molecular weight excluding hydrogens is 713 g/mol.